The van der Waals surface area contributed by atoms with Crippen LogP contribution in [0.2, 0.25) is 0 Å². The highest BCUT2D eigenvalue weighted by atomic mass is 19.4. The molecule has 196 valence electrons. The smallest absolute Gasteiger partial charge is 0.497 e. The minimum Gasteiger partial charge on any atom is -0.497 e. The number of halogens is 3. The van der Waals surface area contributed by atoms with Gasteiger partial charge in [0, 0.05) is 40.5 Å². The first-order valence-corrected chi connectivity index (χ1v) is 11.4. The maximum atomic E-state index is 13.0. The summed E-state index contributed by atoms with van der Waals surface area (Å²) in [6, 6.07) is 15.9. The van der Waals surface area contributed by atoms with Gasteiger partial charge in [0.1, 0.15) is 22.9 Å². The normalized spacial score (nSPS) is 12.6. The Labute approximate surface area is 213 Å². The summed E-state index contributed by atoms with van der Waals surface area (Å²) in [4.78, 5) is 11.3. The average Bonchev–Trinajstić information content (AvgIpc) is 3.39. The number of hydrogen-bond donors (Lipinski definition) is 1. The number of fused-ring (bicyclic) bond motifs is 2. The number of rotatable bonds is 7. The monoisotopic (exact) mass is 526 g/mol. The van der Waals surface area contributed by atoms with Gasteiger partial charge in [-0.2, -0.15) is 0 Å². The van der Waals surface area contributed by atoms with Gasteiger partial charge in [-0.1, -0.05) is 11.2 Å². The number of carboxylic acids is 1. The van der Waals surface area contributed by atoms with Gasteiger partial charge >= 0.3 is 12.3 Å². The fraction of sp³-hybridized carbons (Fsp3) is 0.185. The molecule has 0 saturated carbocycles. The Morgan fingerprint density at radius 2 is 1.76 bits per heavy atom. The number of aromatic nitrogens is 2. The number of ether oxygens (including phenoxy) is 3. The van der Waals surface area contributed by atoms with Crippen LogP contribution >= 0.6 is 0 Å². The van der Waals surface area contributed by atoms with E-state index >= 15 is 0 Å². The third-order valence-corrected chi connectivity index (χ3v) is 6.06. The molecule has 0 spiro atoms. The first-order valence-electron chi connectivity index (χ1n) is 11.4. The third kappa shape index (κ3) is 4.58. The van der Waals surface area contributed by atoms with Crippen molar-refractivity contribution in [3.8, 4) is 34.2 Å². The Balaban J connectivity index is 1.74. The number of methoxy groups -OCH3 is 1. The summed E-state index contributed by atoms with van der Waals surface area (Å²) in [6.45, 7) is 3.20. The number of benzene rings is 3. The molecule has 0 aliphatic carbocycles. The Morgan fingerprint density at radius 3 is 2.47 bits per heavy atom. The van der Waals surface area contributed by atoms with Crippen LogP contribution in [0.3, 0.4) is 0 Å². The molecule has 0 unspecified atom stereocenters. The van der Waals surface area contributed by atoms with E-state index in [1.54, 1.807) is 54.0 Å². The minimum atomic E-state index is -4.87. The molecule has 0 saturated heterocycles. The highest BCUT2D eigenvalue weighted by Gasteiger charge is 2.32. The van der Waals surface area contributed by atoms with Crippen LogP contribution < -0.4 is 14.2 Å². The summed E-state index contributed by atoms with van der Waals surface area (Å²) in [7, 11) is 1.53. The van der Waals surface area contributed by atoms with E-state index in [0.29, 0.717) is 50.3 Å². The van der Waals surface area contributed by atoms with E-state index in [1.165, 1.54) is 32.2 Å². The number of carboxylic acid groups (broad SMARTS) is 1. The molecular weight excluding hydrogens is 505 g/mol. The zero-order valence-electron chi connectivity index (χ0n) is 20.4. The maximum absolute atomic E-state index is 13.0. The van der Waals surface area contributed by atoms with E-state index < -0.39 is 24.2 Å². The van der Waals surface area contributed by atoms with Crippen LogP contribution in [-0.2, 0) is 4.79 Å². The lowest BCUT2D eigenvalue weighted by Crippen LogP contribution is -2.22. The molecule has 8 nitrogen and oxygen atoms in total. The van der Waals surface area contributed by atoms with Crippen LogP contribution in [0.15, 0.2) is 65.2 Å². The van der Waals surface area contributed by atoms with E-state index in [2.05, 4.69) is 9.89 Å². The van der Waals surface area contributed by atoms with Gasteiger partial charge in [-0.3, -0.25) is 0 Å². The van der Waals surface area contributed by atoms with Gasteiger partial charge in [0.2, 0.25) is 0 Å². The lowest BCUT2D eigenvalue weighted by atomic mass is 10.0. The third-order valence-electron chi connectivity index (χ3n) is 6.06. The van der Waals surface area contributed by atoms with E-state index in [0.717, 1.165) is 0 Å². The zero-order chi connectivity index (χ0) is 27.2. The van der Waals surface area contributed by atoms with Crippen molar-refractivity contribution in [2.45, 2.75) is 26.3 Å². The van der Waals surface area contributed by atoms with Gasteiger partial charge in [-0.25, -0.2) is 4.79 Å². The second-order valence-corrected chi connectivity index (χ2v) is 8.51. The molecule has 0 amide bonds. The fourth-order valence-corrected chi connectivity index (χ4v) is 4.40. The van der Waals surface area contributed by atoms with Crippen LogP contribution in [0.4, 0.5) is 13.2 Å². The first-order chi connectivity index (χ1) is 18.1. The van der Waals surface area contributed by atoms with Crippen LogP contribution in [-0.4, -0.2) is 40.4 Å². The van der Waals surface area contributed by atoms with Gasteiger partial charge < -0.3 is 28.4 Å². The van der Waals surface area contributed by atoms with Gasteiger partial charge in [0.15, 0.2) is 11.7 Å². The number of nitrogens with zero attached hydrogens (tertiary/aromatic N) is 2. The van der Waals surface area contributed by atoms with Crippen molar-refractivity contribution in [2.24, 2.45) is 0 Å². The molecule has 5 rings (SSSR count). The summed E-state index contributed by atoms with van der Waals surface area (Å²) < 4.78 is 61.3. The lowest BCUT2D eigenvalue weighted by Gasteiger charge is -2.14. The quantitative estimate of drug-likeness (QED) is 0.258. The summed E-state index contributed by atoms with van der Waals surface area (Å²) >= 11 is 0. The molecule has 5 aromatic rings. The summed E-state index contributed by atoms with van der Waals surface area (Å²) in [6.07, 6.45) is -5.97. The molecule has 11 heteroatoms. The van der Waals surface area contributed by atoms with Crippen molar-refractivity contribution in [1.29, 1.82) is 0 Å². The summed E-state index contributed by atoms with van der Waals surface area (Å²) in [5.74, 6) is -0.664. The van der Waals surface area contributed by atoms with E-state index in [1.807, 2.05) is 0 Å². The Bertz CT molecular complexity index is 1670. The molecule has 0 aliphatic heterocycles. The van der Waals surface area contributed by atoms with Crippen molar-refractivity contribution in [2.75, 3.05) is 7.11 Å². The van der Waals surface area contributed by atoms with Crippen molar-refractivity contribution < 1.29 is 41.8 Å². The van der Waals surface area contributed by atoms with Gasteiger partial charge in [0.25, 0.3) is 0 Å². The average molecular weight is 526 g/mol. The van der Waals surface area contributed by atoms with Crippen molar-refractivity contribution in [3.63, 3.8) is 0 Å². The maximum Gasteiger partial charge on any atom is 0.573 e. The topological polar surface area (TPSA) is 96.0 Å². The SMILES string of the molecule is COc1ccc2c(-c3c(C)n(-c4cccc(O[C@H](C)C(=O)O)c4)c4cc(OC(F)(F)F)ccc34)noc2c1. The highest BCUT2D eigenvalue weighted by molar-refractivity contribution is 6.05. The minimum absolute atomic E-state index is 0.280. The first kappa shape index (κ1) is 25.0. The summed E-state index contributed by atoms with van der Waals surface area (Å²) in [5, 5.41) is 14.8. The number of alkyl halides is 3. The van der Waals surface area contributed by atoms with E-state index in [4.69, 9.17) is 14.0 Å². The standard InChI is InChI=1S/C27H21F3N2O6/c1-14-24(25-21-10-7-17(35-3)13-23(21)38-31-25)20-9-8-19(37-27(28,29)30)12-22(20)32(14)16-5-4-6-18(11-16)36-15(2)26(33)34/h4-13,15H,1-3H3,(H,33,34)/t15-/m1/s1. The van der Waals surface area contributed by atoms with E-state index in [-0.39, 0.29) is 5.75 Å². The predicted molar refractivity (Wildman–Crippen MR) is 132 cm³/mol. The highest BCUT2D eigenvalue weighted by Crippen LogP contribution is 2.41. The van der Waals surface area contributed by atoms with E-state index in [9.17, 15) is 23.1 Å². The van der Waals surface area contributed by atoms with Crippen molar-refractivity contribution in [3.05, 3.63) is 66.4 Å². The van der Waals surface area contributed by atoms with Crippen LogP contribution in [0.1, 0.15) is 12.6 Å². The van der Waals surface area contributed by atoms with Crippen LogP contribution in [0.25, 0.3) is 38.8 Å². The van der Waals surface area contributed by atoms with Crippen molar-refractivity contribution in [1.82, 2.24) is 9.72 Å². The molecule has 3 aromatic carbocycles. The molecule has 0 aliphatic rings. The molecule has 0 radical (unpaired) electrons. The largest absolute Gasteiger partial charge is 0.573 e. The molecule has 1 N–H and O–H groups in total. The molecular formula is C27H21F3N2O6. The zero-order valence-corrected chi connectivity index (χ0v) is 20.4. The van der Waals surface area contributed by atoms with Gasteiger partial charge in [0.05, 0.1) is 18.0 Å². The Morgan fingerprint density at radius 1 is 1.03 bits per heavy atom. The second-order valence-electron chi connectivity index (χ2n) is 8.51. The van der Waals surface area contributed by atoms with Gasteiger partial charge in [-0.15, -0.1) is 13.2 Å². The molecule has 1 atom stereocenters. The Hall–Kier alpha value is -4.67. The fourth-order valence-electron chi connectivity index (χ4n) is 4.40. The lowest BCUT2D eigenvalue weighted by molar-refractivity contribution is -0.274. The molecule has 0 fully saturated rings. The second kappa shape index (κ2) is 9.33. The molecule has 38 heavy (non-hydrogen) atoms. The van der Waals surface area contributed by atoms with Gasteiger partial charge in [-0.05, 0) is 50.2 Å². The predicted octanol–water partition coefficient (Wildman–Crippen LogP) is 6.51. The molecule has 0 bridgehead atoms. The Kier molecular flexibility index (Phi) is 6.14. The number of aliphatic carboxylic acids is 1. The van der Waals surface area contributed by atoms with Crippen LogP contribution in [0, 0.1) is 6.92 Å². The number of hydrogen-bond acceptors (Lipinski definition) is 6. The van der Waals surface area contributed by atoms with Crippen LogP contribution in [0.5, 0.6) is 17.2 Å². The van der Waals surface area contributed by atoms with Crippen molar-refractivity contribution >= 4 is 27.8 Å². The molecule has 2 aromatic heterocycles. The summed E-state index contributed by atoms with van der Waals surface area (Å²) in [5.41, 5.74) is 3.22. The number of carbonyl (C=O) groups is 1. The molecule has 2 heterocycles.